The average molecular weight is 448 g/mol. The molecule has 0 radical (unpaired) electrons. The fourth-order valence-corrected chi connectivity index (χ4v) is 4.98. The zero-order valence-corrected chi connectivity index (χ0v) is 18.8. The Bertz CT molecular complexity index is 1280. The molecule has 0 saturated heterocycles. The van der Waals surface area contributed by atoms with Crippen LogP contribution in [0.2, 0.25) is 0 Å². The molecule has 164 valence electrons. The van der Waals surface area contributed by atoms with Gasteiger partial charge < -0.3 is 10.6 Å². The Kier molecular flexibility index (Phi) is 5.61. The molecule has 1 aliphatic rings. The number of carbonyl (C=O) groups excluding carboxylic acids is 1. The summed E-state index contributed by atoms with van der Waals surface area (Å²) in [5.74, 6) is 7.69. The number of aromatic nitrogens is 4. The molecule has 2 aromatic carbocycles. The number of carbonyl (C=O) groups is 1. The number of thioether (sulfide) groups is 1. The van der Waals surface area contributed by atoms with E-state index in [1.54, 1.807) is 0 Å². The van der Waals surface area contributed by atoms with Gasteiger partial charge in [0.05, 0.1) is 11.3 Å². The van der Waals surface area contributed by atoms with Crippen LogP contribution in [0.3, 0.4) is 0 Å². The van der Waals surface area contributed by atoms with Gasteiger partial charge in [0.2, 0.25) is 11.1 Å². The van der Waals surface area contributed by atoms with Gasteiger partial charge >= 0.3 is 0 Å². The number of nitrogens with two attached hydrogens (primary N) is 1. The van der Waals surface area contributed by atoms with Gasteiger partial charge in [-0.25, -0.2) is 4.68 Å². The second-order valence-corrected chi connectivity index (χ2v) is 8.98. The van der Waals surface area contributed by atoms with E-state index < -0.39 is 0 Å². The second-order valence-electron chi connectivity index (χ2n) is 8.04. The minimum atomic E-state index is 0.0369. The largest absolute Gasteiger partial charge is 0.486 e. The van der Waals surface area contributed by atoms with E-state index in [-0.39, 0.29) is 18.3 Å². The zero-order valence-electron chi connectivity index (χ0n) is 18.0. The monoisotopic (exact) mass is 447 g/mol. The first-order chi connectivity index (χ1) is 15.6. The van der Waals surface area contributed by atoms with Crippen molar-refractivity contribution in [3.63, 3.8) is 0 Å². The highest BCUT2D eigenvalue weighted by atomic mass is 32.2. The van der Waals surface area contributed by atoms with E-state index in [0.717, 1.165) is 36.2 Å². The van der Waals surface area contributed by atoms with Crippen molar-refractivity contribution in [3.05, 3.63) is 71.2 Å². The molecule has 7 nitrogen and oxygen atoms in total. The maximum atomic E-state index is 13.2. The first-order valence-corrected chi connectivity index (χ1v) is 11.8. The number of rotatable bonds is 6. The number of nitrogen functional groups attached to an aromatic ring is 1. The maximum Gasteiger partial charge on any atom is 0.241 e. The predicted octanol–water partition coefficient (Wildman–Crippen LogP) is 4.15. The molecule has 0 atom stereocenters. The van der Waals surface area contributed by atoms with E-state index in [0.29, 0.717) is 11.0 Å². The zero-order chi connectivity index (χ0) is 22.1. The van der Waals surface area contributed by atoms with Crippen LogP contribution in [0.4, 0.5) is 0 Å². The van der Waals surface area contributed by atoms with Crippen LogP contribution in [-0.4, -0.2) is 31.1 Å². The van der Waals surface area contributed by atoms with Crippen molar-refractivity contribution in [1.82, 2.24) is 19.4 Å². The highest BCUT2D eigenvalue weighted by Gasteiger charge is 2.23. The van der Waals surface area contributed by atoms with E-state index in [4.69, 9.17) is 10.6 Å². The lowest BCUT2D eigenvalue weighted by atomic mass is 9.96. The Balaban J connectivity index is 1.29. The summed E-state index contributed by atoms with van der Waals surface area (Å²) in [5.41, 5.74) is 4.64. The standard InChI is InChI=1S/C24H25N5O2S/c1-16-10-12-17(13-11-16)31-14-22-26-27-24(29(22)25)32-15-23(30)28-20-8-4-2-6-18(20)19-7-3-5-9-21(19)28/h2,4,6,8,10-13H,3,5,7,9,14-15,25H2,1H3. The van der Waals surface area contributed by atoms with Gasteiger partial charge in [0.1, 0.15) is 12.4 Å². The van der Waals surface area contributed by atoms with Crippen molar-refractivity contribution >= 4 is 28.6 Å². The van der Waals surface area contributed by atoms with Crippen LogP contribution in [-0.2, 0) is 19.4 Å². The van der Waals surface area contributed by atoms with Crippen molar-refractivity contribution in [2.75, 3.05) is 11.6 Å². The number of aryl methyl sites for hydroxylation is 2. The normalized spacial score (nSPS) is 13.3. The summed E-state index contributed by atoms with van der Waals surface area (Å²) in [5, 5.41) is 9.97. The molecule has 4 aromatic rings. The van der Waals surface area contributed by atoms with Gasteiger partial charge in [-0.2, -0.15) is 0 Å². The van der Waals surface area contributed by atoms with E-state index >= 15 is 0 Å². The minimum absolute atomic E-state index is 0.0369. The van der Waals surface area contributed by atoms with Crippen molar-refractivity contribution in [2.24, 2.45) is 0 Å². The van der Waals surface area contributed by atoms with E-state index in [2.05, 4.69) is 16.3 Å². The summed E-state index contributed by atoms with van der Waals surface area (Å²) < 4.78 is 9.05. The smallest absolute Gasteiger partial charge is 0.241 e. The third-order valence-electron chi connectivity index (χ3n) is 5.88. The fourth-order valence-electron chi connectivity index (χ4n) is 4.26. The molecule has 0 unspecified atom stereocenters. The van der Waals surface area contributed by atoms with Crippen molar-refractivity contribution < 1.29 is 9.53 Å². The summed E-state index contributed by atoms with van der Waals surface area (Å²) in [7, 11) is 0. The number of ether oxygens (including phenoxy) is 1. The Morgan fingerprint density at radius 2 is 1.88 bits per heavy atom. The van der Waals surface area contributed by atoms with Crippen LogP contribution in [0.1, 0.15) is 40.3 Å². The maximum absolute atomic E-state index is 13.2. The number of benzene rings is 2. The molecule has 0 fully saturated rings. The average Bonchev–Trinajstić information content (AvgIpc) is 3.34. The quantitative estimate of drug-likeness (QED) is 0.353. The van der Waals surface area contributed by atoms with Crippen LogP contribution in [0.25, 0.3) is 10.9 Å². The SMILES string of the molecule is Cc1ccc(OCc2nnc(SCC(=O)n3c4c(c5ccccc53)CCCC4)n2N)cc1. The Hall–Kier alpha value is -3.26. The van der Waals surface area contributed by atoms with Gasteiger partial charge in [0, 0.05) is 11.1 Å². The summed E-state index contributed by atoms with van der Waals surface area (Å²) in [4.78, 5) is 13.2. The number of para-hydroxylation sites is 1. The lowest BCUT2D eigenvalue weighted by molar-refractivity contribution is 0.0943. The highest BCUT2D eigenvalue weighted by Crippen LogP contribution is 2.32. The number of hydrogen-bond acceptors (Lipinski definition) is 6. The predicted molar refractivity (Wildman–Crippen MR) is 126 cm³/mol. The lowest BCUT2D eigenvalue weighted by Crippen LogP contribution is -2.19. The molecule has 0 spiro atoms. The van der Waals surface area contributed by atoms with E-state index in [1.165, 1.54) is 39.4 Å². The molecule has 8 heteroatoms. The molecular formula is C24H25N5O2S. The van der Waals surface area contributed by atoms with Crippen molar-refractivity contribution in [3.8, 4) is 5.75 Å². The minimum Gasteiger partial charge on any atom is -0.486 e. The third-order valence-corrected chi connectivity index (χ3v) is 6.80. The first kappa shape index (κ1) is 20.6. The molecular weight excluding hydrogens is 422 g/mol. The number of hydrogen-bond donors (Lipinski definition) is 1. The Labute approximate surface area is 190 Å². The van der Waals surface area contributed by atoms with Gasteiger partial charge in [-0.1, -0.05) is 47.7 Å². The Morgan fingerprint density at radius 3 is 2.72 bits per heavy atom. The molecule has 0 bridgehead atoms. The van der Waals surface area contributed by atoms with Crippen molar-refractivity contribution in [2.45, 2.75) is 44.4 Å². The third kappa shape index (κ3) is 3.86. The topological polar surface area (TPSA) is 88.0 Å². The highest BCUT2D eigenvalue weighted by molar-refractivity contribution is 7.99. The van der Waals surface area contributed by atoms with Gasteiger partial charge in [-0.05, 0) is 56.4 Å². The second kappa shape index (κ2) is 8.70. The summed E-state index contributed by atoms with van der Waals surface area (Å²) in [6.07, 6.45) is 4.26. The van der Waals surface area contributed by atoms with Crippen molar-refractivity contribution in [1.29, 1.82) is 0 Å². The Morgan fingerprint density at radius 1 is 1.09 bits per heavy atom. The van der Waals surface area contributed by atoms with Gasteiger partial charge in [-0.15, -0.1) is 10.2 Å². The van der Waals surface area contributed by atoms with E-state index in [1.807, 2.05) is 54.0 Å². The fraction of sp³-hybridized carbons (Fsp3) is 0.292. The molecule has 0 aliphatic heterocycles. The number of nitrogens with zero attached hydrogens (tertiary/aromatic N) is 4. The molecule has 2 N–H and O–H groups in total. The summed E-state index contributed by atoms with van der Waals surface area (Å²) >= 11 is 1.30. The summed E-state index contributed by atoms with van der Waals surface area (Å²) in [6, 6.07) is 16.0. The molecule has 0 amide bonds. The van der Waals surface area contributed by atoms with Crippen LogP contribution in [0.15, 0.2) is 53.7 Å². The van der Waals surface area contributed by atoms with Crippen LogP contribution in [0, 0.1) is 6.92 Å². The van der Waals surface area contributed by atoms with Crippen LogP contribution >= 0.6 is 11.8 Å². The molecule has 1 aliphatic carbocycles. The summed E-state index contributed by atoms with van der Waals surface area (Å²) in [6.45, 7) is 2.23. The van der Waals surface area contributed by atoms with E-state index in [9.17, 15) is 4.79 Å². The number of fused-ring (bicyclic) bond motifs is 3. The van der Waals surface area contributed by atoms with Crippen LogP contribution in [0.5, 0.6) is 5.75 Å². The lowest BCUT2D eigenvalue weighted by Gasteiger charge is -2.15. The van der Waals surface area contributed by atoms with Crippen LogP contribution < -0.4 is 10.6 Å². The molecule has 32 heavy (non-hydrogen) atoms. The first-order valence-electron chi connectivity index (χ1n) is 10.8. The molecule has 5 rings (SSSR count). The molecule has 2 heterocycles. The molecule has 2 aromatic heterocycles. The molecule has 0 saturated carbocycles. The van der Waals surface area contributed by atoms with Gasteiger partial charge in [-0.3, -0.25) is 9.36 Å². The van der Waals surface area contributed by atoms with Gasteiger partial charge in [0.15, 0.2) is 5.82 Å². The van der Waals surface area contributed by atoms with Gasteiger partial charge in [0.25, 0.3) is 0 Å².